The van der Waals surface area contributed by atoms with Gasteiger partial charge in [0.1, 0.15) is 0 Å². The molecule has 2 aromatic rings. The lowest BCUT2D eigenvalue weighted by Crippen LogP contribution is -2.41. The van der Waals surface area contributed by atoms with Gasteiger partial charge in [-0.05, 0) is 45.3 Å². The molecule has 0 saturated carbocycles. The van der Waals surface area contributed by atoms with Crippen LogP contribution in [0.1, 0.15) is 38.1 Å². The minimum absolute atomic E-state index is 0.393. The first-order valence-corrected chi connectivity index (χ1v) is 7.04. The molecule has 0 bridgehead atoms. The van der Waals surface area contributed by atoms with Crippen molar-refractivity contribution in [1.82, 2.24) is 4.98 Å². The molecule has 1 saturated heterocycles. The zero-order valence-electron chi connectivity index (χ0n) is 12.7. The molecule has 5 heteroatoms. The van der Waals surface area contributed by atoms with Crippen LogP contribution in [0, 0.1) is 0 Å². The van der Waals surface area contributed by atoms with Gasteiger partial charge in [-0.25, -0.2) is 0 Å². The smallest absolute Gasteiger partial charge is 0.399 e. The third-order valence-corrected chi connectivity index (χ3v) is 4.47. The quantitative estimate of drug-likeness (QED) is 0.627. The molecular weight excluding hydrogens is 265 g/mol. The number of aromatic nitrogens is 1. The highest BCUT2D eigenvalue weighted by atomic mass is 16.7. The van der Waals surface area contributed by atoms with Gasteiger partial charge in [0.25, 0.3) is 0 Å². The SMILES string of the molecule is CC1(C)OB(c2ccc(C=O)c3ncccc23)OC1(C)C. The van der Waals surface area contributed by atoms with Gasteiger partial charge in [-0.1, -0.05) is 12.1 Å². The van der Waals surface area contributed by atoms with Crippen molar-refractivity contribution in [1.29, 1.82) is 0 Å². The Morgan fingerprint density at radius 2 is 1.76 bits per heavy atom. The fourth-order valence-corrected chi connectivity index (χ4v) is 2.49. The third-order valence-electron chi connectivity index (χ3n) is 4.47. The molecule has 0 aliphatic carbocycles. The Hall–Kier alpha value is -1.72. The van der Waals surface area contributed by atoms with E-state index >= 15 is 0 Å². The Labute approximate surface area is 124 Å². The average Bonchev–Trinajstić information content (AvgIpc) is 2.66. The maximum Gasteiger partial charge on any atom is 0.495 e. The topological polar surface area (TPSA) is 48.4 Å². The lowest BCUT2D eigenvalue weighted by Gasteiger charge is -2.32. The Balaban J connectivity index is 2.13. The van der Waals surface area contributed by atoms with E-state index in [9.17, 15) is 4.79 Å². The van der Waals surface area contributed by atoms with E-state index in [1.165, 1.54) is 0 Å². The molecule has 1 aliphatic heterocycles. The zero-order chi connectivity index (χ0) is 15.3. The average molecular weight is 283 g/mol. The molecule has 0 amide bonds. The molecule has 108 valence electrons. The van der Waals surface area contributed by atoms with Crippen molar-refractivity contribution in [2.24, 2.45) is 0 Å². The molecule has 1 fully saturated rings. The van der Waals surface area contributed by atoms with Crippen LogP contribution in [0.4, 0.5) is 0 Å². The van der Waals surface area contributed by atoms with Crippen molar-refractivity contribution >= 4 is 29.8 Å². The number of carbonyl (C=O) groups is 1. The maximum absolute atomic E-state index is 11.2. The van der Waals surface area contributed by atoms with Gasteiger partial charge in [-0.2, -0.15) is 0 Å². The maximum atomic E-state index is 11.2. The van der Waals surface area contributed by atoms with Crippen molar-refractivity contribution in [3.8, 4) is 0 Å². The van der Waals surface area contributed by atoms with Crippen LogP contribution in [0.15, 0.2) is 30.5 Å². The van der Waals surface area contributed by atoms with Crippen LogP contribution in [0.25, 0.3) is 10.9 Å². The summed E-state index contributed by atoms with van der Waals surface area (Å²) in [4.78, 5) is 15.5. The van der Waals surface area contributed by atoms with Crippen molar-refractivity contribution in [2.75, 3.05) is 0 Å². The Morgan fingerprint density at radius 3 is 2.38 bits per heavy atom. The van der Waals surface area contributed by atoms with Crippen molar-refractivity contribution in [2.45, 2.75) is 38.9 Å². The van der Waals surface area contributed by atoms with Crippen molar-refractivity contribution in [3.05, 3.63) is 36.0 Å². The van der Waals surface area contributed by atoms with E-state index in [2.05, 4.69) is 4.98 Å². The van der Waals surface area contributed by atoms with Gasteiger partial charge in [0.05, 0.1) is 16.7 Å². The molecule has 0 spiro atoms. The Morgan fingerprint density at radius 1 is 1.10 bits per heavy atom. The molecule has 0 radical (unpaired) electrons. The summed E-state index contributed by atoms with van der Waals surface area (Å²) >= 11 is 0. The molecule has 21 heavy (non-hydrogen) atoms. The lowest BCUT2D eigenvalue weighted by molar-refractivity contribution is 0.00578. The number of nitrogens with zero attached hydrogens (tertiary/aromatic N) is 1. The van der Waals surface area contributed by atoms with E-state index in [0.29, 0.717) is 11.1 Å². The first-order chi connectivity index (χ1) is 9.86. The summed E-state index contributed by atoms with van der Waals surface area (Å²) in [7, 11) is -0.456. The number of aldehydes is 1. The van der Waals surface area contributed by atoms with Gasteiger partial charge < -0.3 is 9.31 Å². The van der Waals surface area contributed by atoms with Crippen molar-refractivity contribution < 1.29 is 14.1 Å². The molecule has 1 aromatic carbocycles. The summed E-state index contributed by atoms with van der Waals surface area (Å²) in [6, 6.07) is 7.44. The molecular formula is C16H18BNO3. The van der Waals surface area contributed by atoms with Crippen LogP contribution in [0.5, 0.6) is 0 Å². The predicted molar refractivity (Wildman–Crippen MR) is 82.8 cm³/mol. The number of carbonyl (C=O) groups excluding carboxylic acids is 1. The fraction of sp³-hybridized carbons (Fsp3) is 0.375. The first kappa shape index (κ1) is 14.2. The van der Waals surface area contributed by atoms with E-state index < -0.39 is 18.3 Å². The summed E-state index contributed by atoms with van der Waals surface area (Å²) in [5, 5.41) is 0.889. The highest BCUT2D eigenvalue weighted by Gasteiger charge is 2.52. The lowest BCUT2D eigenvalue weighted by atomic mass is 9.76. The van der Waals surface area contributed by atoms with Gasteiger partial charge in [0.15, 0.2) is 6.29 Å². The predicted octanol–water partition coefficient (Wildman–Crippen LogP) is 2.35. The highest BCUT2D eigenvalue weighted by molar-refractivity contribution is 6.65. The largest absolute Gasteiger partial charge is 0.495 e. The van der Waals surface area contributed by atoms with Crippen LogP contribution in [0.3, 0.4) is 0 Å². The number of pyridine rings is 1. The molecule has 0 N–H and O–H groups in total. The summed E-state index contributed by atoms with van der Waals surface area (Å²) < 4.78 is 12.2. The van der Waals surface area contributed by atoms with Gasteiger partial charge >= 0.3 is 7.12 Å². The molecule has 0 unspecified atom stereocenters. The third kappa shape index (κ3) is 2.17. The van der Waals surface area contributed by atoms with Crippen LogP contribution in [-0.2, 0) is 9.31 Å². The van der Waals surface area contributed by atoms with Gasteiger partial charge in [0, 0.05) is 17.1 Å². The van der Waals surface area contributed by atoms with Gasteiger partial charge in [-0.15, -0.1) is 0 Å². The van der Waals surface area contributed by atoms with Crippen LogP contribution in [-0.4, -0.2) is 29.6 Å². The molecule has 1 aliphatic rings. The number of fused-ring (bicyclic) bond motifs is 1. The number of hydrogen-bond acceptors (Lipinski definition) is 4. The molecule has 4 nitrogen and oxygen atoms in total. The Kier molecular flexibility index (Phi) is 3.15. The molecule has 1 aromatic heterocycles. The van der Waals surface area contributed by atoms with E-state index in [1.54, 1.807) is 12.3 Å². The summed E-state index contributed by atoms with van der Waals surface area (Å²) in [6.07, 6.45) is 2.51. The van der Waals surface area contributed by atoms with Gasteiger partial charge in [0.2, 0.25) is 0 Å². The van der Waals surface area contributed by atoms with Gasteiger partial charge in [-0.3, -0.25) is 9.78 Å². The summed E-state index contributed by atoms with van der Waals surface area (Å²) in [5.41, 5.74) is 1.37. The Bertz CT molecular complexity index is 696. The normalized spacial score (nSPS) is 19.9. The second-order valence-corrected chi connectivity index (χ2v) is 6.35. The second kappa shape index (κ2) is 4.65. The van der Waals surface area contributed by atoms with E-state index in [1.807, 2.05) is 45.9 Å². The van der Waals surface area contributed by atoms with Crippen LogP contribution < -0.4 is 5.46 Å². The number of benzene rings is 1. The zero-order valence-corrected chi connectivity index (χ0v) is 12.7. The number of rotatable bonds is 2. The van der Waals surface area contributed by atoms with Crippen molar-refractivity contribution in [3.63, 3.8) is 0 Å². The fourth-order valence-electron chi connectivity index (χ4n) is 2.49. The molecule has 2 heterocycles. The van der Waals surface area contributed by atoms with E-state index in [0.717, 1.165) is 17.1 Å². The highest BCUT2D eigenvalue weighted by Crippen LogP contribution is 2.37. The van der Waals surface area contributed by atoms with Crippen LogP contribution in [0.2, 0.25) is 0 Å². The minimum atomic E-state index is -0.456. The van der Waals surface area contributed by atoms with E-state index in [-0.39, 0.29) is 0 Å². The minimum Gasteiger partial charge on any atom is -0.399 e. The first-order valence-electron chi connectivity index (χ1n) is 7.04. The molecule has 3 rings (SSSR count). The number of hydrogen-bond donors (Lipinski definition) is 0. The monoisotopic (exact) mass is 283 g/mol. The van der Waals surface area contributed by atoms with E-state index in [4.69, 9.17) is 9.31 Å². The van der Waals surface area contributed by atoms with Crippen LogP contribution >= 0.6 is 0 Å². The summed E-state index contributed by atoms with van der Waals surface area (Å²) in [5.74, 6) is 0. The summed E-state index contributed by atoms with van der Waals surface area (Å²) in [6.45, 7) is 8.08. The second-order valence-electron chi connectivity index (χ2n) is 6.35. The standard InChI is InChI=1S/C16H18BNO3/c1-15(2)16(3,4)21-17(20-15)13-8-7-11(10-19)14-12(13)6-5-9-18-14/h5-10H,1-4H3. The molecule has 0 atom stereocenters.